The minimum Gasteiger partial charge on any atom is -0.358 e. The van der Waals surface area contributed by atoms with Crippen LogP contribution in [0.25, 0.3) is 11.0 Å². The molecule has 0 aliphatic carbocycles. The Balaban J connectivity index is 1.76. The van der Waals surface area contributed by atoms with Crippen LogP contribution in [0.3, 0.4) is 0 Å². The minimum absolute atomic E-state index is 0.116. The summed E-state index contributed by atoms with van der Waals surface area (Å²) in [5, 5.41) is 4.55. The van der Waals surface area contributed by atoms with E-state index in [1.165, 1.54) is 25.4 Å². The highest BCUT2D eigenvalue weighted by molar-refractivity contribution is 6.44. The highest BCUT2D eigenvalue weighted by Gasteiger charge is 2.31. The Labute approximate surface area is 145 Å². The number of benzene rings is 1. The topological polar surface area (TPSA) is 86.9 Å². The molecule has 0 bridgehead atoms. The van der Waals surface area contributed by atoms with E-state index in [0.717, 1.165) is 12.1 Å². The van der Waals surface area contributed by atoms with E-state index < -0.39 is 23.6 Å². The Bertz CT molecular complexity index is 995. The Morgan fingerprint density at radius 1 is 1.12 bits per heavy atom. The second-order valence-corrected chi connectivity index (χ2v) is 5.60. The van der Waals surface area contributed by atoms with Gasteiger partial charge < -0.3 is 15.6 Å². The summed E-state index contributed by atoms with van der Waals surface area (Å²) in [7, 11) is 0. The molecule has 3 rings (SSSR count). The number of aryl methyl sites for hydroxylation is 1. The lowest BCUT2D eigenvalue weighted by atomic mass is 10.1. The number of pyridine rings is 1. The van der Waals surface area contributed by atoms with E-state index in [-0.39, 0.29) is 5.69 Å². The van der Waals surface area contributed by atoms with Gasteiger partial charge in [0, 0.05) is 18.1 Å². The zero-order valence-electron chi connectivity index (χ0n) is 13.4. The molecule has 1 aromatic carbocycles. The molecule has 0 saturated heterocycles. The standard InChI is InChI=1S/C17H13F3N4O2/c1-9-5-10(17(18,19)20)7-11(6-9)23-15(25)16(26)24-13-8-22-12-3-2-4-21-14(12)13/h2-8,22H,1H3,(H,23,25)(H,24,26). The van der Waals surface area contributed by atoms with Crippen LogP contribution in [0.4, 0.5) is 24.5 Å². The maximum Gasteiger partial charge on any atom is 0.416 e. The number of amides is 2. The molecule has 6 nitrogen and oxygen atoms in total. The van der Waals surface area contributed by atoms with E-state index in [0.29, 0.717) is 22.3 Å². The molecule has 0 unspecified atom stereocenters. The van der Waals surface area contributed by atoms with E-state index in [1.807, 2.05) is 0 Å². The first-order valence-corrected chi connectivity index (χ1v) is 7.47. The monoisotopic (exact) mass is 362 g/mol. The van der Waals surface area contributed by atoms with Gasteiger partial charge in [-0.25, -0.2) is 0 Å². The van der Waals surface area contributed by atoms with Gasteiger partial charge in [-0.2, -0.15) is 13.2 Å². The van der Waals surface area contributed by atoms with Gasteiger partial charge in [0.2, 0.25) is 0 Å². The van der Waals surface area contributed by atoms with E-state index in [4.69, 9.17) is 0 Å². The Hall–Kier alpha value is -3.36. The summed E-state index contributed by atoms with van der Waals surface area (Å²) in [5.41, 5.74) is 0.696. The van der Waals surface area contributed by atoms with Gasteiger partial charge >= 0.3 is 18.0 Å². The van der Waals surface area contributed by atoms with Gasteiger partial charge in [0.05, 0.1) is 16.8 Å². The number of anilines is 2. The second-order valence-electron chi connectivity index (χ2n) is 5.60. The van der Waals surface area contributed by atoms with Crippen LogP contribution in [0, 0.1) is 6.92 Å². The number of halogens is 3. The van der Waals surface area contributed by atoms with Crippen molar-refractivity contribution in [2.75, 3.05) is 10.6 Å². The number of carbonyl (C=O) groups excluding carboxylic acids is 2. The number of H-pyrrole nitrogens is 1. The van der Waals surface area contributed by atoms with Crippen LogP contribution in [0.2, 0.25) is 0 Å². The largest absolute Gasteiger partial charge is 0.416 e. The van der Waals surface area contributed by atoms with Gasteiger partial charge in [0.25, 0.3) is 0 Å². The smallest absolute Gasteiger partial charge is 0.358 e. The third kappa shape index (κ3) is 3.66. The number of carbonyl (C=O) groups is 2. The molecule has 3 N–H and O–H groups in total. The van der Waals surface area contributed by atoms with Gasteiger partial charge in [-0.15, -0.1) is 0 Å². The summed E-state index contributed by atoms with van der Waals surface area (Å²) in [6.07, 6.45) is -1.56. The van der Waals surface area contributed by atoms with Crippen LogP contribution in [-0.2, 0) is 15.8 Å². The summed E-state index contributed by atoms with van der Waals surface area (Å²) < 4.78 is 38.5. The SMILES string of the molecule is Cc1cc(NC(=O)C(=O)Nc2c[nH]c3cccnc23)cc(C(F)(F)F)c1. The number of aromatic nitrogens is 2. The first kappa shape index (κ1) is 17.5. The maximum absolute atomic E-state index is 12.8. The lowest BCUT2D eigenvalue weighted by Crippen LogP contribution is -2.29. The quantitative estimate of drug-likeness (QED) is 0.610. The molecule has 2 heterocycles. The summed E-state index contributed by atoms with van der Waals surface area (Å²) in [4.78, 5) is 31.0. The molecule has 0 spiro atoms. The number of aromatic amines is 1. The maximum atomic E-state index is 12.8. The molecule has 0 radical (unpaired) electrons. The lowest BCUT2D eigenvalue weighted by Gasteiger charge is -2.11. The summed E-state index contributed by atoms with van der Waals surface area (Å²) in [5.74, 6) is -2.11. The normalized spacial score (nSPS) is 11.4. The number of alkyl halides is 3. The van der Waals surface area contributed by atoms with Crippen molar-refractivity contribution in [1.29, 1.82) is 0 Å². The fraction of sp³-hybridized carbons (Fsp3) is 0.118. The van der Waals surface area contributed by atoms with Crippen LogP contribution in [0.15, 0.2) is 42.7 Å². The molecular formula is C17H13F3N4O2. The highest BCUT2D eigenvalue weighted by Crippen LogP contribution is 2.31. The molecule has 134 valence electrons. The van der Waals surface area contributed by atoms with Crippen molar-refractivity contribution < 1.29 is 22.8 Å². The predicted octanol–water partition coefficient (Wildman–Crippen LogP) is 3.47. The first-order valence-electron chi connectivity index (χ1n) is 7.47. The van der Waals surface area contributed by atoms with Gasteiger partial charge in [0.15, 0.2) is 0 Å². The van der Waals surface area contributed by atoms with Crippen molar-refractivity contribution >= 4 is 34.2 Å². The van der Waals surface area contributed by atoms with E-state index in [1.54, 1.807) is 12.1 Å². The molecule has 0 aliphatic heterocycles. The van der Waals surface area contributed by atoms with Crippen LogP contribution in [0.5, 0.6) is 0 Å². The van der Waals surface area contributed by atoms with Crippen LogP contribution >= 0.6 is 0 Å². The third-order valence-electron chi connectivity index (χ3n) is 3.55. The molecular weight excluding hydrogens is 349 g/mol. The molecule has 0 fully saturated rings. The molecule has 0 saturated carbocycles. The van der Waals surface area contributed by atoms with E-state index in [9.17, 15) is 22.8 Å². The molecule has 0 atom stereocenters. The van der Waals surface area contributed by atoms with Gasteiger partial charge in [-0.3, -0.25) is 14.6 Å². The minimum atomic E-state index is -4.55. The molecule has 2 aromatic heterocycles. The fourth-order valence-corrected chi connectivity index (χ4v) is 2.44. The number of nitrogens with one attached hydrogen (secondary N) is 3. The number of hydrogen-bond donors (Lipinski definition) is 3. The van der Waals surface area contributed by atoms with Gasteiger partial charge in [0.1, 0.15) is 5.52 Å². The number of nitrogens with zero attached hydrogens (tertiary/aromatic N) is 1. The van der Waals surface area contributed by atoms with Gasteiger partial charge in [-0.05, 0) is 42.8 Å². The van der Waals surface area contributed by atoms with Crippen LogP contribution in [-0.4, -0.2) is 21.8 Å². The highest BCUT2D eigenvalue weighted by atomic mass is 19.4. The summed E-state index contributed by atoms with van der Waals surface area (Å²) in [6, 6.07) is 6.50. The molecule has 26 heavy (non-hydrogen) atoms. The van der Waals surface area contributed by atoms with E-state index in [2.05, 4.69) is 20.6 Å². The van der Waals surface area contributed by atoms with Crippen molar-refractivity contribution in [3.63, 3.8) is 0 Å². The molecule has 0 aliphatic rings. The zero-order valence-corrected chi connectivity index (χ0v) is 13.4. The average Bonchev–Trinajstić information content (AvgIpc) is 2.96. The third-order valence-corrected chi connectivity index (χ3v) is 3.55. The van der Waals surface area contributed by atoms with Crippen LogP contribution < -0.4 is 10.6 Å². The Morgan fingerprint density at radius 2 is 1.85 bits per heavy atom. The molecule has 9 heteroatoms. The van der Waals surface area contributed by atoms with Crippen molar-refractivity contribution in [2.45, 2.75) is 13.1 Å². The Kier molecular flexibility index (Phi) is 4.37. The average molecular weight is 362 g/mol. The first-order chi connectivity index (χ1) is 12.2. The van der Waals surface area contributed by atoms with Crippen molar-refractivity contribution in [2.24, 2.45) is 0 Å². The van der Waals surface area contributed by atoms with Gasteiger partial charge in [-0.1, -0.05) is 0 Å². The second kappa shape index (κ2) is 6.51. The zero-order chi connectivity index (χ0) is 18.9. The summed E-state index contributed by atoms with van der Waals surface area (Å²) in [6.45, 7) is 1.46. The number of fused-ring (bicyclic) bond motifs is 1. The number of hydrogen-bond acceptors (Lipinski definition) is 3. The Morgan fingerprint density at radius 3 is 2.58 bits per heavy atom. The fourth-order valence-electron chi connectivity index (χ4n) is 2.44. The lowest BCUT2D eigenvalue weighted by molar-refractivity contribution is -0.137. The van der Waals surface area contributed by atoms with Crippen molar-refractivity contribution in [3.8, 4) is 0 Å². The van der Waals surface area contributed by atoms with Crippen molar-refractivity contribution in [3.05, 3.63) is 53.9 Å². The van der Waals surface area contributed by atoms with Crippen molar-refractivity contribution in [1.82, 2.24) is 9.97 Å². The summed E-state index contributed by atoms with van der Waals surface area (Å²) >= 11 is 0. The predicted molar refractivity (Wildman–Crippen MR) is 89.5 cm³/mol. The molecule has 2 amide bonds. The van der Waals surface area contributed by atoms with Crippen LogP contribution in [0.1, 0.15) is 11.1 Å². The molecule has 3 aromatic rings. The number of rotatable bonds is 2. The van der Waals surface area contributed by atoms with E-state index >= 15 is 0 Å².